The van der Waals surface area contributed by atoms with Crippen LogP contribution >= 0.6 is 12.2 Å². The number of hydrogen-bond donors (Lipinski definition) is 0. The number of anilines is 2. The fourth-order valence-corrected chi connectivity index (χ4v) is 2.77. The highest BCUT2D eigenvalue weighted by Crippen LogP contribution is 2.22. The van der Waals surface area contributed by atoms with Crippen LogP contribution in [0.4, 0.5) is 11.4 Å². The Morgan fingerprint density at radius 2 is 1.07 bits per heavy atom. The maximum Gasteiger partial charge on any atom is 0.229 e. The fourth-order valence-electron chi connectivity index (χ4n) is 2.45. The van der Waals surface area contributed by atoms with Crippen molar-refractivity contribution in [2.24, 2.45) is 11.8 Å². The molecule has 0 aliphatic heterocycles. The molecule has 0 saturated carbocycles. The second kappa shape index (κ2) is 11.8. The lowest BCUT2D eigenvalue weighted by molar-refractivity contribution is 0.106. The molecule has 0 amide bonds. The number of hydroxylamine groups is 2. The number of nitrogens with zero attached hydrogens (tertiary/aromatic N) is 2. The van der Waals surface area contributed by atoms with E-state index in [2.05, 4.69) is 27.7 Å². The van der Waals surface area contributed by atoms with E-state index in [4.69, 9.17) is 21.9 Å². The topological polar surface area (TPSA) is 24.9 Å². The SMILES string of the molecule is CC(C)CCON(C(=S)N(OCCC(C)C)c1ccccc1)c1ccccc1. The molecule has 28 heavy (non-hydrogen) atoms. The highest BCUT2D eigenvalue weighted by atomic mass is 32.1. The summed E-state index contributed by atoms with van der Waals surface area (Å²) in [6.07, 6.45) is 1.90. The summed E-state index contributed by atoms with van der Waals surface area (Å²) in [6, 6.07) is 19.8. The Morgan fingerprint density at radius 3 is 1.39 bits per heavy atom. The molecule has 0 bridgehead atoms. The van der Waals surface area contributed by atoms with Crippen molar-refractivity contribution in [1.82, 2.24) is 0 Å². The van der Waals surface area contributed by atoms with Crippen molar-refractivity contribution in [3.8, 4) is 0 Å². The van der Waals surface area contributed by atoms with Crippen LogP contribution in [-0.4, -0.2) is 18.3 Å². The highest BCUT2D eigenvalue weighted by molar-refractivity contribution is 7.80. The standard InChI is InChI=1S/C23H32N2O2S/c1-19(2)15-17-26-24(21-11-7-5-8-12-21)23(28)25(27-18-16-20(3)4)22-13-9-6-10-14-22/h5-14,19-20H,15-18H2,1-4H3. The van der Waals surface area contributed by atoms with E-state index in [1.165, 1.54) is 0 Å². The van der Waals surface area contributed by atoms with E-state index in [0.717, 1.165) is 24.2 Å². The number of benzene rings is 2. The monoisotopic (exact) mass is 400 g/mol. The van der Waals surface area contributed by atoms with Crippen LogP contribution in [0.3, 0.4) is 0 Å². The third-order valence-corrected chi connectivity index (χ3v) is 4.49. The number of rotatable bonds is 10. The molecule has 0 heterocycles. The first-order valence-electron chi connectivity index (χ1n) is 9.99. The van der Waals surface area contributed by atoms with Crippen LogP contribution in [0.1, 0.15) is 40.5 Å². The zero-order valence-corrected chi connectivity index (χ0v) is 18.2. The van der Waals surface area contributed by atoms with Gasteiger partial charge in [-0.1, -0.05) is 64.1 Å². The molecule has 2 aromatic carbocycles. The van der Waals surface area contributed by atoms with Crippen LogP contribution in [0.25, 0.3) is 0 Å². The van der Waals surface area contributed by atoms with E-state index in [-0.39, 0.29) is 0 Å². The van der Waals surface area contributed by atoms with E-state index >= 15 is 0 Å². The van der Waals surface area contributed by atoms with E-state index in [9.17, 15) is 0 Å². The van der Waals surface area contributed by atoms with Gasteiger partial charge >= 0.3 is 0 Å². The van der Waals surface area contributed by atoms with Crippen LogP contribution in [0.2, 0.25) is 0 Å². The van der Waals surface area contributed by atoms with Gasteiger partial charge in [-0.05, 0) is 61.2 Å². The molecule has 0 saturated heterocycles. The minimum atomic E-state index is 0.463. The van der Waals surface area contributed by atoms with Crippen LogP contribution in [0.5, 0.6) is 0 Å². The van der Waals surface area contributed by atoms with Crippen molar-refractivity contribution in [2.75, 3.05) is 23.3 Å². The summed E-state index contributed by atoms with van der Waals surface area (Å²) >= 11 is 5.82. The summed E-state index contributed by atoms with van der Waals surface area (Å²) in [4.78, 5) is 12.2. The average molecular weight is 401 g/mol. The molecule has 0 N–H and O–H groups in total. The molecule has 0 fully saturated rings. The summed E-state index contributed by atoms with van der Waals surface area (Å²) in [5.74, 6) is 1.11. The van der Waals surface area contributed by atoms with Crippen LogP contribution in [0.15, 0.2) is 60.7 Å². The van der Waals surface area contributed by atoms with Gasteiger partial charge in [-0.3, -0.25) is 9.68 Å². The molecule has 0 unspecified atom stereocenters. The lowest BCUT2D eigenvalue weighted by atomic mass is 10.1. The summed E-state index contributed by atoms with van der Waals surface area (Å²) in [6.45, 7) is 9.89. The predicted molar refractivity (Wildman–Crippen MR) is 121 cm³/mol. The molecule has 0 radical (unpaired) electrons. The summed E-state index contributed by atoms with van der Waals surface area (Å²) < 4.78 is 0. The lowest BCUT2D eigenvalue weighted by Gasteiger charge is -2.32. The lowest BCUT2D eigenvalue weighted by Crippen LogP contribution is -2.44. The van der Waals surface area contributed by atoms with Gasteiger partial charge in [0.2, 0.25) is 5.11 Å². The molecule has 2 rings (SSSR count). The molecule has 0 spiro atoms. The first-order chi connectivity index (χ1) is 13.5. The molecule has 152 valence electrons. The minimum absolute atomic E-state index is 0.463. The molecule has 0 aliphatic rings. The second-order valence-electron chi connectivity index (χ2n) is 7.57. The predicted octanol–water partition coefficient (Wildman–Crippen LogP) is 6.24. The van der Waals surface area contributed by atoms with Gasteiger partial charge in [-0.2, -0.15) is 10.1 Å². The Balaban J connectivity index is 2.24. The Bertz CT molecular complexity index is 633. The zero-order chi connectivity index (χ0) is 20.4. The van der Waals surface area contributed by atoms with E-state index in [1.807, 2.05) is 60.7 Å². The van der Waals surface area contributed by atoms with Crippen molar-refractivity contribution >= 4 is 28.7 Å². The van der Waals surface area contributed by atoms with Gasteiger partial charge in [-0.15, -0.1) is 0 Å². The van der Waals surface area contributed by atoms with Crippen molar-refractivity contribution in [2.45, 2.75) is 40.5 Å². The van der Waals surface area contributed by atoms with Crippen LogP contribution < -0.4 is 10.1 Å². The molecular weight excluding hydrogens is 368 g/mol. The zero-order valence-electron chi connectivity index (χ0n) is 17.4. The van der Waals surface area contributed by atoms with Gasteiger partial charge in [0.1, 0.15) is 0 Å². The second-order valence-corrected chi connectivity index (χ2v) is 7.94. The molecule has 0 aliphatic carbocycles. The third-order valence-electron chi connectivity index (χ3n) is 4.16. The average Bonchev–Trinajstić information content (AvgIpc) is 2.69. The first kappa shape index (κ1) is 22.3. The number of thiocarbonyl (C=S) groups is 1. The van der Waals surface area contributed by atoms with Gasteiger partial charge < -0.3 is 0 Å². The van der Waals surface area contributed by atoms with E-state index in [1.54, 1.807) is 10.1 Å². The fraction of sp³-hybridized carbons (Fsp3) is 0.435. The van der Waals surface area contributed by atoms with Gasteiger partial charge in [0.05, 0.1) is 24.6 Å². The maximum absolute atomic E-state index is 6.10. The van der Waals surface area contributed by atoms with Crippen molar-refractivity contribution in [3.63, 3.8) is 0 Å². The van der Waals surface area contributed by atoms with E-state index < -0.39 is 0 Å². The Kier molecular flexibility index (Phi) is 9.41. The summed E-state index contributed by atoms with van der Waals surface area (Å²) in [5.41, 5.74) is 1.76. The van der Waals surface area contributed by atoms with Crippen molar-refractivity contribution < 1.29 is 9.68 Å². The Labute approximate surface area is 175 Å². The minimum Gasteiger partial charge on any atom is -0.266 e. The quantitative estimate of drug-likeness (QED) is 0.347. The molecule has 0 atom stereocenters. The molecule has 5 heteroatoms. The largest absolute Gasteiger partial charge is 0.266 e. The van der Waals surface area contributed by atoms with Gasteiger partial charge in [-0.25, -0.2) is 0 Å². The van der Waals surface area contributed by atoms with E-state index in [0.29, 0.717) is 30.2 Å². The smallest absolute Gasteiger partial charge is 0.229 e. The Morgan fingerprint density at radius 1 is 0.714 bits per heavy atom. The number of para-hydroxylation sites is 2. The number of hydrogen-bond acceptors (Lipinski definition) is 3. The van der Waals surface area contributed by atoms with Crippen molar-refractivity contribution in [1.29, 1.82) is 0 Å². The van der Waals surface area contributed by atoms with Gasteiger partial charge in [0.15, 0.2) is 0 Å². The van der Waals surface area contributed by atoms with Gasteiger partial charge in [0.25, 0.3) is 0 Å². The van der Waals surface area contributed by atoms with Crippen LogP contribution in [0, 0.1) is 11.8 Å². The highest BCUT2D eigenvalue weighted by Gasteiger charge is 2.22. The van der Waals surface area contributed by atoms with Gasteiger partial charge in [0, 0.05) is 0 Å². The maximum atomic E-state index is 6.10. The Hall–Kier alpha value is -1.95. The first-order valence-corrected chi connectivity index (χ1v) is 10.4. The molecule has 4 nitrogen and oxygen atoms in total. The van der Waals surface area contributed by atoms with Crippen LogP contribution in [-0.2, 0) is 9.68 Å². The van der Waals surface area contributed by atoms with Crippen molar-refractivity contribution in [3.05, 3.63) is 60.7 Å². The summed E-state index contributed by atoms with van der Waals surface area (Å²) in [7, 11) is 0. The molecule has 2 aromatic rings. The molecular formula is C23H32N2O2S. The normalized spacial score (nSPS) is 11.1. The summed E-state index contributed by atoms with van der Waals surface area (Å²) in [5, 5.41) is 3.85. The third kappa shape index (κ3) is 7.23. The molecule has 0 aromatic heterocycles.